The summed E-state index contributed by atoms with van der Waals surface area (Å²) in [5, 5.41) is 6.20. The van der Waals surface area contributed by atoms with Crippen molar-refractivity contribution in [3.63, 3.8) is 0 Å². The molecule has 1 fully saturated rings. The Morgan fingerprint density at radius 1 is 1.12 bits per heavy atom. The van der Waals surface area contributed by atoms with Crippen LogP contribution in [0.25, 0.3) is 0 Å². The molecule has 0 bridgehead atoms. The maximum atomic E-state index is 12.4. The number of carbonyl (C=O) groups is 2. The summed E-state index contributed by atoms with van der Waals surface area (Å²) in [5.41, 5.74) is 1.66. The number of cyclic esters (lactones) is 1. The first-order valence-electron chi connectivity index (χ1n) is 7.29. The van der Waals surface area contributed by atoms with E-state index in [4.69, 9.17) is 27.9 Å². The largest absolute Gasteiger partial charge is 0.434 e. The summed E-state index contributed by atoms with van der Waals surface area (Å²) in [6.07, 6.45) is -1.45. The van der Waals surface area contributed by atoms with Gasteiger partial charge in [0.25, 0.3) is 5.91 Å². The van der Waals surface area contributed by atoms with Crippen molar-refractivity contribution in [3.05, 3.63) is 69.7 Å². The topological polar surface area (TPSA) is 67.4 Å². The van der Waals surface area contributed by atoms with Crippen molar-refractivity contribution in [3.8, 4) is 0 Å². The second kappa shape index (κ2) is 7.11. The molecule has 2 N–H and O–H groups in total. The second-order valence-corrected chi connectivity index (χ2v) is 6.12. The lowest BCUT2D eigenvalue weighted by atomic mass is 9.98. The molecule has 0 unspecified atom stereocenters. The number of hydrogen-bond donors (Lipinski definition) is 2. The Labute approximate surface area is 148 Å². The Bertz CT molecular complexity index is 768. The number of amides is 2. The van der Waals surface area contributed by atoms with Crippen LogP contribution < -0.4 is 10.6 Å². The molecule has 0 radical (unpaired) electrons. The molecule has 24 heavy (non-hydrogen) atoms. The highest BCUT2D eigenvalue weighted by Crippen LogP contribution is 2.29. The lowest BCUT2D eigenvalue weighted by molar-refractivity contribution is -0.128. The van der Waals surface area contributed by atoms with Crippen LogP contribution in [-0.4, -0.2) is 24.6 Å². The monoisotopic (exact) mass is 364 g/mol. The van der Waals surface area contributed by atoms with Crippen molar-refractivity contribution < 1.29 is 14.3 Å². The Morgan fingerprint density at radius 3 is 2.50 bits per heavy atom. The molecule has 2 amide bonds. The van der Waals surface area contributed by atoms with Gasteiger partial charge in [-0.1, -0.05) is 59.6 Å². The third-order valence-electron chi connectivity index (χ3n) is 3.67. The van der Waals surface area contributed by atoms with Gasteiger partial charge in [-0.15, -0.1) is 0 Å². The fourth-order valence-electron chi connectivity index (χ4n) is 2.47. The summed E-state index contributed by atoms with van der Waals surface area (Å²) in [4.78, 5) is 23.5. The van der Waals surface area contributed by atoms with Gasteiger partial charge in [-0.2, -0.15) is 0 Å². The van der Waals surface area contributed by atoms with Crippen molar-refractivity contribution in [2.75, 3.05) is 6.54 Å². The van der Waals surface area contributed by atoms with E-state index in [0.717, 1.165) is 11.1 Å². The average Bonchev–Trinajstić information content (AvgIpc) is 3.02. The maximum absolute atomic E-state index is 12.4. The molecule has 0 aromatic heterocycles. The number of carbonyl (C=O) groups excluding carboxylic acids is 2. The molecule has 3 rings (SSSR count). The Hall–Kier alpha value is -2.24. The highest BCUT2D eigenvalue weighted by Gasteiger charge is 2.31. The van der Waals surface area contributed by atoms with Gasteiger partial charge < -0.3 is 15.4 Å². The van der Waals surface area contributed by atoms with E-state index in [-0.39, 0.29) is 12.5 Å². The predicted octanol–water partition coefficient (Wildman–Crippen LogP) is 3.31. The lowest BCUT2D eigenvalue weighted by Gasteiger charge is -2.21. The number of alkyl carbamates (subject to hydrolysis) is 1. The van der Waals surface area contributed by atoms with Crippen molar-refractivity contribution in [2.24, 2.45) is 0 Å². The molecule has 2 aromatic carbocycles. The van der Waals surface area contributed by atoms with E-state index >= 15 is 0 Å². The molecule has 7 heteroatoms. The summed E-state index contributed by atoms with van der Waals surface area (Å²) in [7, 11) is 0. The van der Waals surface area contributed by atoms with Crippen LogP contribution in [-0.2, 0) is 9.53 Å². The highest BCUT2D eigenvalue weighted by atomic mass is 35.5. The maximum Gasteiger partial charge on any atom is 0.408 e. The van der Waals surface area contributed by atoms with Crippen LogP contribution >= 0.6 is 23.2 Å². The summed E-state index contributed by atoms with van der Waals surface area (Å²) in [6, 6.07) is 14.2. The van der Waals surface area contributed by atoms with Crippen molar-refractivity contribution in [1.29, 1.82) is 0 Å². The molecule has 2 atom stereocenters. The van der Waals surface area contributed by atoms with Gasteiger partial charge in [0.15, 0.2) is 6.10 Å². The molecular formula is C17H14Cl2N2O3. The van der Waals surface area contributed by atoms with E-state index < -0.39 is 18.2 Å². The van der Waals surface area contributed by atoms with Gasteiger partial charge in [-0.05, 0) is 23.3 Å². The molecule has 1 aliphatic rings. The molecule has 124 valence electrons. The quantitative estimate of drug-likeness (QED) is 0.874. The lowest BCUT2D eigenvalue weighted by Crippen LogP contribution is -2.39. The molecule has 2 aromatic rings. The van der Waals surface area contributed by atoms with E-state index in [9.17, 15) is 9.59 Å². The van der Waals surface area contributed by atoms with E-state index in [1.54, 1.807) is 18.2 Å². The molecule has 0 saturated carbocycles. The van der Waals surface area contributed by atoms with Crippen molar-refractivity contribution in [1.82, 2.24) is 10.6 Å². The van der Waals surface area contributed by atoms with Gasteiger partial charge in [-0.25, -0.2) is 4.79 Å². The Kier molecular flexibility index (Phi) is 4.92. The molecular weight excluding hydrogens is 351 g/mol. The van der Waals surface area contributed by atoms with Crippen molar-refractivity contribution >= 4 is 35.2 Å². The number of benzene rings is 2. The Balaban J connectivity index is 1.89. The summed E-state index contributed by atoms with van der Waals surface area (Å²) in [6.45, 7) is 0.146. The number of nitrogens with one attached hydrogen (secondary N) is 2. The fraction of sp³-hybridized carbons (Fsp3) is 0.176. The fourth-order valence-corrected chi connectivity index (χ4v) is 2.77. The first-order chi connectivity index (χ1) is 11.5. The van der Waals surface area contributed by atoms with Crippen LogP contribution in [0.3, 0.4) is 0 Å². The first-order valence-corrected chi connectivity index (χ1v) is 8.05. The van der Waals surface area contributed by atoms with Crippen molar-refractivity contribution in [2.45, 2.75) is 12.1 Å². The number of ether oxygens (including phenoxy) is 1. The smallest absolute Gasteiger partial charge is 0.408 e. The van der Waals surface area contributed by atoms with E-state index in [1.807, 2.05) is 30.3 Å². The molecule has 1 heterocycles. The van der Waals surface area contributed by atoms with Gasteiger partial charge >= 0.3 is 6.09 Å². The molecule has 0 spiro atoms. The highest BCUT2D eigenvalue weighted by molar-refractivity contribution is 6.42. The SMILES string of the molecule is O=C1NC[C@@H](C(=O)N[C@H](c2ccccc2)c2ccc(Cl)c(Cl)c2)O1. The third-order valence-corrected chi connectivity index (χ3v) is 4.41. The zero-order valence-electron chi connectivity index (χ0n) is 12.5. The zero-order valence-corrected chi connectivity index (χ0v) is 14.0. The Morgan fingerprint density at radius 2 is 1.88 bits per heavy atom. The van der Waals surface area contributed by atoms with Crippen LogP contribution in [0, 0.1) is 0 Å². The van der Waals surface area contributed by atoms with E-state index in [2.05, 4.69) is 10.6 Å². The van der Waals surface area contributed by atoms with Crippen LogP contribution in [0.15, 0.2) is 48.5 Å². The number of halogens is 2. The molecule has 5 nitrogen and oxygen atoms in total. The normalized spacial score (nSPS) is 17.8. The molecule has 1 saturated heterocycles. The summed E-state index contributed by atoms with van der Waals surface area (Å²) in [5.74, 6) is -0.381. The van der Waals surface area contributed by atoms with Crippen LogP contribution in [0.5, 0.6) is 0 Å². The average molecular weight is 365 g/mol. The standard InChI is InChI=1S/C17H14Cl2N2O3/c18-12-7-6-11(8-13(12)19)15(10-4-2-1-3-5-10)21-16(22)14-9-20-17(23)24-14/h1-8,14-15H,9H2,(H,20,23)(H,21,22)/t14-,15+/m0/s1. The van der Waals surface area contributed by atoms with Gasteiger partial charge in [0, 0.05) is 0 Å². The molecule has 1 aliphatic heterocycles. The summed E-state index contributed by atoms with van der Waals surface area (Å²) < 4.78 is 4.93. The minimum absolute atomic E-state index is 0.146. The summed E-state index contributed by atoms with van der Waals surface area (Å²) >= 11 is 12.1. The first kappa shape index (κ1) is 16.6. The van der Waals surface area contributed by atoms with Gasteiger partial charge in [0.05, 0.1) is 22.6 Å². The number of rotatable bonds is 4. The second-order valence-electron chi connectivity index (χ2n) is 5.30. The van der Waals surface area contributed by atoms with Crippen LogP contribution in [0.2, 0.25) is 10.0 Å². The third kappa shape index (κ3) is 3.63. The molecule has 0 aliphatic carbocycles. The van der Waals surface area contributed by atoms with Gasteiger partial charge in [-0.3, -0.25) is 4.79 Å². The van der Waals surface area contributed by atoms with E-state index in [0.29, 0.717) is 10.0 Å². The minimum Gasteiger partial charge on any atom is -0.434 e. The van der Waals surface area contributed by atoms with Gasteiger partial charge in [0.1, 0.15) is 0 Å². The van der Waals surface area contributed by atoms with E-state index in [1.165, 1.54) is 0 Å². The predicted molar refractivity (Wildman–Crippen MR) is 91.2 cm³/mol. The van der Waals surface area contributed by atoms with Gasteiger partial charge in [0.2, 0.25) is 0 Å². The van der Waals surface area contributed by atoms with Crippen LogP contribution in [0.4, 0.5) is 4.79 Å². The zero-order chi connectivity index (χ0) is 17.1. The number of hydrogen-bond acceptors (Lipinski definition) is 3. The van der Waals surface area contributed by atoms with Crippen LogP contribution in [0.1, 0.15) is 17.2 Å². The minimum atomic E-state index is -0.855.